The number of fused-ring (bicyclic) bond motifs is 1. The lowest BCUT2D eigenvalue weighted by Crippen LogP contribution is -2.18. The fourth-order valence-electron chi connectivity index (χ4n) is 2.47. The van der Waals surface area contributed by atoms with Crippen molar-refractivity contribution in [3.63, 3.8) is 0 Å². The summed E-state index contributed by atoms with van der Waals surface area (Å²) in [5.74, 6) is 0. The van der Waals surface area contributed by atoms with E-state index in [-0.39, 0.29) is 5.56 Å². The van der Waals surface area contributed by atoms with Crippen LogP contribution < -0.4 is 5.56 Å². The second kappa shape index (κ2) is 4.96. The van der Waals surface area contributed by atoms with Gasteiger partial charge in [-0.25, -0.2) is 4.98 Å². The van der Waals surface area contributed by atoms with Crippen molar-refractivity contribution in [2.24, 2.45) is 0 Å². The molecule has 2 aromatic carbocycles. The van der Waals surface area contributed by atoms with Gasteiger partial charge in [-0.05, 0) is 12.1 Å². The number of hydrogen-bond donors (Lipinski definition) is 1. The van der Waals surface area contributed by atoms with E-state index in [1.807, 2.05) is 60.7 Å². The van der Waals surface area contributed by atoms with Gasteiger partial charge in [-0.3, -0.25) is 14.5 Å². The Morgan fingerprint density at radius 2 is 1.59 bits per heavy atom. The van der Waals surface area contributed by atoms with E-state index in [1.165, 1.54) is 4.57 Å². The molecule has 0 amide bonds. The van der Waals surface area contributed by atoms with Crippen LogP contribution >= 0.6 is 0 Å². The molecule has 5 heteroatoms. The van der Waals surface area contributed by atoms with Crippen LogP contribution in [0.3, 0.4) is 0 Å². The van der Waals surface area contributed by atoms with E-state index >= 15 is 0 Å². The molecule has 1 N–H and O–H groups in total. The van der Waals surface area contributed by atoms with Gasteiger partial charge < -0.3 is 0 Å². The second-order valence-electron chi connectivity index (χ2n) is 4.92. The Hall–Kier alpha value is -3.21. The first-order valence-corrected chi connectivity index (χ1v) is 6.91. The minimum Gasteiger partial charge on any atom is -0.270 e. The third kappa shape index (κ3) is 1.91. The number of para-hydroxylation sites is 1. The van der Waals surface area contributed by atoms with Crippen molar-refractivity contribution in [2.75, 3.05) is 0 Å². The number of nitrogens with zero attached hydrogens (tertiary/aromatic N) is 3. The van der Waals surface area contributed by atoms with Crippen molar-refractivity contribution in [1.29, 1.82) is 0 Å². The third-order valence-electron chi connectivity index (χ3n) is 3.56. The molecule has 0 saturated heterocycles. The van der Waals surface area contributed by atoms with Crippen LogP contribution in [0.4, 0.5) is 0 Å². The van der Waals surface area contributed by atoms with Gasteiger partial charge in [-0.1, -0.05) is 48.5 Å². The zero-order valence-corrected chi connectivity index (χ0v) is 11.6. The summed E-state index contributed by atoms with van der Waals surface area (Å²) in [6.07, 6.45) is 1.54. The van der Waals surface area contributed by atoms with Gasteiger partial charge in [0.15, 0.2) is 5.52 Å². The van der Waals surface area contributed by atoms with E-state index in [1.54, 1.807) is 6.33 Å². The molecule has 2 heterocycles. The summed E-state index contributed by atoms with van der Waals surface area (Å²) in [7, 11) is 0. The normalized spacial score (nSPS) is 10.9. The zero-order valence-electron chi connectivity index (χ0n) is 11.6. The maximum absolute atomic E-state index is 12.6. The highest BCUT2D eigenvalue weighted by atomic mass is 16.1. The lowest BCUT2D eigenvalue weighted by molar-refractivity contribution is 0.956. The van der Waals surface area contributed by atoms with Crippen LogP contribution in [-0.4, -0.2) is 19.7 Å². The molecular weight excluding hydrogens is 276 g/mol. The fourth-order valence-corrected chi connectivity index (χ4v) is 2.47. The quantitative estimate of drug-likeness (QED) is 0.617. The van der Waals surface area contributed by atoms with Crippen LogP contribution in [-0.2, 0) is 0 Å². The molecule has 0 saturated carbocycles. The maximum Gasteiger partial charge on any atom is 0.283 e. The first-order chi connectivity index (χ1) is 10.8. The summed E-state index contributed by atoms with van der Waals surface area (Å²) in [5, 5.41) is 7.08. The van der Waals surface area contributed by atoms with Crippen LogP contribution in [0.5, 0.6) is 0 Å². The summed E-state index contributed by atoms with van der Waals surface area (Å²) in [4.78, 5) is 17.0. The summed E-state index contributed by atoms with van der Waals surface area (Å²) in [5.41, 5.74) is 3.23. The highest BCUT2D eigenvalue weighted by molar-refractivity contribution is 5.88. The SMILES string of the molecule is O=c1c2[nH]nc(-c3ccccc3)c2ncn1-c1ccccc1. The molecule has 0 aliphatic heterocycles. The van der Waals surface area contributed by atoms with Gasteiger partial charge in [0.1, 0.15) is 17.5 Å². The van der Waals surface area contributed by atoms with E-state index in [2.05, 4.69) is 15.2 Å². The van der Waals surface area contributed by atoms with E-state index in [9.17, 15) is 4.79 Å². The van der Waals surface area contributed by atoms with Crippen molar-refractivity contribution >= 4 is 11.0 Å². The number of nitrogens with one attached hydrogen (secondary N) is 1. The topological polar surface area (TPSA) is 63.6 Å². The summed E-state index contributed by atoms with van der Waals surface area (Å²) in [6.45, 7) is 0. The predicted molar refractivity (Wildman–Crippen MR) is 84.9 cm³/mol. The molecule has 22 heavy (non-hydrogen) atoms. The molecular formula is C17H12N4O. The second-order valence-corrected chi connectivity index (χ2v) is 4.92. The van der Waals surface area contributed by atoms with Gasteiger partial charge in [0, 0.05) is 5.56 Å². The van der Waals surface area contributed by atoms with E-state index in [0.717, 1.165) is 11.3 Å². The van der Waals surface area contributed by atoms with Crippen LogP contribution in [0.15, 0.2) is 71.8 Å². The Balaban J connectivity index is 1.94. The first-order valence-electron chi connectivity index (χ1n) is 6.91. The highest BCUT2D eigenvalue weighted by Gasteiger charge is 2.13. The molecule has 2 aromatic heterocycles. The Morgan fingerprint density at radius 3 is 2.32 bits per heavy atom. The number of aromatic amines is 1. The molecule has 0 bridgehead atoms. The molecule has 0 aliphatic rings. The molecule has 0 fully saturated rings. The van der Waals surface area contributed by atoms with Crippen LogP contribution in [0.25, 0.3) is 28.0 Å². The molecule has 0 aliphatic carbocycles. The zero-order chi connectivity index (χ0) is 14.9. The van der Waals surface area contributed by atoms with E-state index in [0.29, 0.717) is 16.7 Å². The third-order valence-corrected chi connectivity index (χ3v) is 3.56. The van der Waals surface area contributed by atoms with Gasteiger partial charge in [0.25, 0.3) is 5.56 Å². The van der Waals surface area contributed by atoms with Crippen molar-refractivity contribution in [3.05, 3.63) is 77.3 Å². The smallest absolute Gasteiger partial charge is 0.270 e. The van der Waals surface area contributed by atoms with Gasteiger partial charge in [0.2, 0.25) is 0 Å². The minimum atomic E-state index is -0.161. The van der Waals surface area contributed by atoms with Crippen molar-refractivity contribution in [2.45, 2.75) is 0 Å². The van der Waals surface area contributed by atoms with Crippen molar-refractivity contribution < 1.29 is 0 Å². The standard InChI is InChI=1S/C17H12N4O/c22-17-16-15(14(19-20-16)12-7-3-1-4-8-12)18-11-21(17)13-9-5-2-6-10-13/h1-11H,(H,19,20). The number of H-pyrrole nitrogens is 1. The van der Waals surface area contributed by atoms with Crippen molar-refractivity contribution in [1.82, 2.24) is 19.7 Å². The van der Waals surface area contributed by atoms with E-state index < -0.39 is 0 Å². The summed E-state index contributed by atoms with van der Waals surface area (Å²) >= 11 is 0. The Morgan fingerprint density at radius 1 is 0.909 bits per heavy atom. The molecule has 0 spiro atoms. The van der Waals surface area contributed by atoms with E-state index in [4.69, 9.17) is 0 Å². The predicted octanol–water partition coefficient (Wildman–Crippen LogP) is 2.78. The van der Waals surface area contributed by atoms with Gasteiger partial charge in [-0.2, -0.15) is 5.10 Å². The molecule has 4 aromatic rings. The largest absolute Gasteiger partial charge is 0.283 e. The number of rotatable bonds is 2. The van der Waals surface area contributed by atoms with Crippen LogP contribution in [0.2, 0.25) is 0 Å². The summed E-state index contributed by atoms with van der Waals surface area (Å²) in [6, 6.07) is 19.1. The molecule has 0 radical (unpaired) electrons. The monoisotopic (exact) mass is 288 g/mol. The minimum absolute atomic E-state index is 0.161. The van der Waals surface area contributed by atoms with Crippen molar-refractivity contribution in [3.8, 4) is 16.9 Å². The van der Waals surface area contributed by atoms with Crippen LogP contribution in [0, 0.1) is 0 Å². The molecule has 0 atom stereocenters. The number of benzene rings is 2. The number of hydrogen-bond acceptors (Lipinski definition) is 3. The lowest BCUT2D eigenvalue weighted by atomic mass is 10.1. The maximum atomic E-state index is 12.6. The Labute approximate surface area is 125 Å². The Bertz CT molecular complexity index is 988. The summed E-state index contributed by atoms with van der Waals surface area (Å²) < 4.78 is 1.51. The first kappa shape index (κ1) is 12.5. The Kier molecular flexibility index (Phi) is 2.83. The average molecular weight is 288 g/mol. The molecule has 106 valence electrons. The van der Waals surface area contributed by atoms with Gasteiger partial charge in [0.05, 0.1) is 5.69 Å². The van der Waals surface area contributed by atoms with Gasteiger partial charge >= 0.3 is 0 Å². The molecule has 5 nitrogen and oxygen atoms in total. The fraction of sp³-hybridized carbons (Fsp3) is 0. The average Bonchev–Trinajstić information content (AvgIpc) is 3.02. The van der Waals surface area contributed by atoms with Gasteiger partial charge in [-0.15, -0.1) is 0 Å². The van der Waals surface area contributed by atoms with Crippen LogP contribution in [0.1, 0.15) is 0 Å². The highest BCUT2D eigenvalue weighted by Crippen LogP contribution is 2.22. The number of aromatic nitrogens is 4. The molecule has 4 rings (SSSR count). The molecule has 0 unspecified atom stereocenters. The lowest BCUT2D eigenvalue weighted by Gasteiger charge is -2.04.